The maximum Gasteiger partial charge on any atom is 0.119 e. The van der Waals surface area contributed by atoms with Crippen molar-refractivity contribution in [1.29, 1.82) is 0 Å². The van der Waals surface area contributed by atoms with E-state index in [1.54, 1.807) is 0 Å². The van der Waals surface area contributed by atoms with Gasteiger partial charge >= 0.3 is 0 Å². The quantitative estimate of drug-likeness (QED) is 0.711. The zero-order valence-corrected chi connectivity index (χ0v) is 10.2. The van der Waals surface area contributed by atoms with Crippen molar-refractivity contribution in [3.05, 3.63) is 42.5 Å². The average molecular weight is 219 g/mol. The Morgan fingerprint density at radius 1 is 1.50 bits per heavy atom. The van der Waals surface area contributed by atoms with Gasteiger partial charge in [0.05, 0.1) is 6.61 Å². The molecule has 0 fully saturated rings. The highest BCUT2D eigenvalue weighted by Crippen LogP contribution is 2.13. The van der Waals surface area contributed by atoms with Crippen LogP contribution in [0.1, 0.15) is 25.8 Å². The van der Waals surface area contributed by atoms with Crippen LogP contribution in [0.25, 0.3) is 0 Å². The molecule has 2 nitrogen and oxygen atoms in total. The van der Waals surface area contributed by atoms with Crippen LogP contribution in [0, 0.1) is 0 Å². The van der Waals surface area contributed by atoms with E-state index in [-0.39, 0.29) is 0 Å². The molecule has 0 aromatic heterocycles. The molecule has 1 rings (SSSR count). The van der Waals surface area contributed by atoms with E-state index < -0.39 is 0 Å². The maximum atomic E-state index is 5.46. The second-order valence-corrected chi connectivity index (χ2v) is 3.89. The van der Waals surface area contributed by atoms with Gasteiger partial charge in [-0.05, 0) is 38.0 Å². The zero-order valence-electron chi connectivity index (χ0n) is 10.2. The lowest BCUT2D eigenvalue weighted by molar-refractivity contribution is 0.339. The summed E-state index contributed by atoms with van der Waals surface area (Å²) in [4.78, 5) is 0. The summed E-state index contributed by atoms with van der Waals surface area (Å²) in [6.07, 6.45) is 2.93. The first-order valence-corrected chi connectivity index (χ1v) is 5.82. The van der Waals surface area contributed by atoms with Gasteiger partial charge in [0.15, 0.2) is 0 Å². The van der Waals surface area contributed by atoms with Gasteiger partial charge in [-0.2, -0.15) is 0 Å². The summed E-state index contributed by atoms with van der Waals surface area (Å²) in [6.45, 7) is 9.48. The van der Waals surface area contributed by atoms with Crippen LogP contribution in [-0.4, -0.2) is 12.6 Å². The monoisotopic (exact) mass is 219 g/mol. The number of benzene rings is 1. The van der Waals surface area contributed by atoms with Crippen molar-refractivity contribution >= 4 is 0 Å². The van der Waals surface area contributed by atoms with E-state index in [0.717, 1.165) is 18.7 Å². The molecule has 0 aliphatic carbocycles. The molecule has 0 heterocycles. The van der Waals surface area contributed by atoms with Gasteiger partial charge in [0, 0.05) is 12.6 Å². The smallest absolute Gasteiger partial charge is 0.119 e. The predicted molar refractivity (Wildman–Crippen MR) is 68.7 cm³/mol. The third kappa shape index (κ3) is 4.49. The highest BCUT2D eigenvalue weighted by atomic mass is 16.5. The van der Waals surface area contributed by atoms with E-state index in [9.17, 15) is 0 Å². The summed E-state index contributed by atoms with van der Waals surface area (Å²) in [7, 11) is 0. The van der Waals surface area contributed by atoms with Gasteiger partial charge in [-0.25, -0.2) is 0 Å². The molecular weight excluding hydrogens is 198 g/mol. The fourth-order valence-electron chi connectivity index (χ4n) is 1.54. The fraction of sp³-hybridized carbons (Fsp3) is 0.429. The molecule has 1 N–H and O–H groups in total. The lowest BCUT2D eigenvalue weighted by atomic mass is 10.2. The summed E-state index contributed by atoms with van der Waals surface area (Å²) in [5, 5.41) is 3.44. The number of rotatable bonds is 7. The van der Waals surface area contributed by atoms with Crippen LogP contribution in [0.4, 0.5) is 0 Å². The predicted octanol–water partition coefficient (Wildman–Crippen LogP) is 3.14. The third-order valence-corrected chi connectivity index (χ3v) is 2.38. The van der Waals surface area contributed by atoms with E-state index >= 15 is 0 Å². The molecule has 0 saturated heterocycles. The van der Waals surface area contributed by atoms with Gasteiger partial charge in [0.25, 0.3) is 0 Å². The van der Waals surface area contributed by atoms with Crippen molar-refractivity contribution < 1.29 is 4.74 Å². The highest BCUT2D eigenvalue weighted by Gasteiger charge is 2.00. The van der Waals surface area contributed by atoms with Crippen molar-refractivity contribution in [3.8, 4) is 5.75 Å². The minimum absolute atomic E-state index is 0.466. The Bertz CT molecular complexity index is 322. The molecule has 0 amide bonds. The minimum atomic E-state index is 0.466. The molecule has 0 bridgehead atoms. The molecule has 0 spiro atoms. The lowest BCUT2D eigenvalue weighted by Crippen LogP contribution is -2.24. The summed E-state index contributed by atoms with van der Waals surface area (Å²) in [6, 6.07) is 8.67. The van der Waals surface area contributed by atoms with Gasteiger partial charge in [0.1, 0.15) is 5.75 Å². The normalized spacial score (nSPS) is 12.1. The molecule has 1 aromatic rings. The topological polar surface area (TPSA) is 21.3 Å². The summed E-state index contributed by atoms with van der Waals surface area (Å²) < 4.78 is 5.46. The van der Waals surface area contributed by atoms with Crippen LogP contribution < -0.4 is 10.1 Å². The Morgan fingerprint density at radius 3 is 3.00 bits per heavy atom. The molecule has 1 aromatic carbocycles. The summed E-state index contributed by atoms with van der Waals surface area (Å²) in [5.74, 6) is 0.943. The van der Waals surface area contributed by atoms with Crippen molar-refractivity contribution in [2.45, 2.75) is 32.9 Å². The first kappa shape index (κ1) is 12.8. The van der Waals surface area contributed by atoms with Crippen LogP contribution in [0.3, 0.4) is 0 Å². The first-order valence-electron chi connectivity index (χ1n) is 5.82. The van der Waals surface area contributed by atoms with Crippen LogP contribution in [0.5, 0.6) is 5.75 Å². The second kappa shape index (κ2) is 7.07. The molecule has 1 unspecified atom stereocenters. The molecule has 2 heteroatoms. The van der Waals surface area contributed by atoms with E-state index in [2.05, 4.69) is 31.0 Å². The molecule has 1 atom stereocenters. The van der Waals surface area contributed by atoms with Gasteiger partial charge in [-0.3, -0.25) is 0 Å². The molecule has 0 aliphatic rings. The lowest BCUT2D eigenvalue weighted by Gasteiger charge is -2.12. The number of ether oxygens (including phenoxy) is 1. The molecule has 0 aliphatic heterocycles. The average Bonchev–Trinajstić information content (AvgIpc) is 2.28. The summed E-state index contributed by atoms with van der Waals surface area (Å²) >= 11 is 0. The van der Waals surface area contributed by atoms with E-state index in [0.29, 0.717) is 12.6 Å². The van der Waals surface area contributed by atoms with Gasteiger partial charge in [-0.15, -0.1) is 6.58 Å². The molecular formula is C14H21NO. The largest absolute Gasteiger partial charge is 0.494 e. The fourth-order valence-corrected chi connectivity index (χ4v) is 1.54. The Labute approximate surface area is 98.3 Å². The third-order valence-electron chi connectivity index (χ3n) is 2.38. The Hall–Kier alpha value is -1.28. The molecule has 0 radical (unpaired) electrons. The highest BCUT2D eigenvalue weighted by molar-refractivity contribution is 5.28. The van der Waals surface area contributed by atoms with Crippen molar-refractivity contribution in [3.63, 3.8) is 0 Å². The standard InChI is InChI=1S/C14H21NO/c1-4-7-12(3)15-11-13-8-6-9-14(10-13)16-5-2/h4,6,8-10,12,15H,1,5,7,11H2,2-3H3. The van der Waals surface area contributed by atoms with Gasteiger partial charge < -0.3 is 10.1 Å². The minimum Gasteiger partial charge on any atom is -0.494 e. The SMILES string of the molecule is C=CCC(C)NCc1cccc(OCC)c1. The van der Waals surface area contributed by atoms with Crippen LogP contribution in [-0.2, 0) is 6.54 Å². The van der Waals surface area contributed by atoms with Crippen molar-refractivity contribution in [2.75, 3.05) is 6.61 Å². The Morgan fingerprint density at radius 2 is 2.31 bits per heavy atom. The second-order valence-electron chi connectivity index (χ2n) is 3.89. The van der Waals surface area contributed by atoms with Gasteiger partial charge in [0.2, 0.25) is 0 Å². The molecule has 88 valence electrons. The van der Waals surface area contributed by atoms with Crippen LogP contribution >= 0.6 is 0 Å². The van der Waals surface area contributed by atoms with Gasteiger partial charge in [-0.1, -0.05) is 18.2 Å². The maximum absolute atomic E-state index is 5.46. The Balaban J connectivity index is 2.46. The van der Waals surface area contributed by atoms with Crippen LogP contribution in [0.2, 0.25) is 0 Å². The molecule has 16 heavy (non-hydrogen) atoms. The zero-order chi connectivity index (χ0) is 11.8. The van der Waals surface area contributed by atoms with E-state index in [1.807, 2.05) is 25.1 Å². The number of hydrogen-bond acceptors (Lipinski definition) is 2. The molecule has 0 saturated carbocycles. The van der Waals surface area contributed by atoms with Crippen LogP contribution in [0.15, 0.2) is 36.9 Å². The van der Waals surface area contributed by atoms with Crippen molar-refractivity contribution in [1.82, 2.24) is 5.32 Å². The summed E-state index contributed by atoms with van der Waals surface area (Å²) in [5.41, 5.74) is 1.25. The van der Waals surface area contributed by atoms with E-state index in [1.165, 1.54) is 5.56 Å². The van der Waals surface area contributed by atoms with E-state index in [4.69, 9.17) is 4.74 Å². The Kier molecular flexibility index (Phi) is 5.65. The number of hydrogen-bond donors (Lipinski definition) is 1. The first-order chi connectivity index (χ1) is 7.76. The van der Waals surface area contributed by atoms with Crippen molar-refractivity contribution in [2.24, 2.45) is 0 Å². The number of nitrogens with one attached hydrogen (secondary N) is 1.